The van der Waals surface area contributed by atoms with Crippen molar-refractivity contribution in [3.63, 3.8) is 0 Å². The third-order valence-electron chi connectivity index (χ3n) is 6.12. The van der Waals surface area contributed by atoms with Crippen molar-refractivity contribution in [3.8, 4) is 16.9 Å². The highest BCUT2D eigenvalue weighted by Gasteiger charge is 2.21. The molecule has 4 aromatic rings. The monoisotopic (exact) mass is 390 g/mol. The molecular formula is C23H26N4O2. The summed E-state index contributed by atoms with van der Waals surface area (Å²) < 4.78 is 10.2. The van der Waals surface area contributed by atoms with Gasteiger partial charge in [0.25, 0.3) is 5.56 Å². The maximum Gasteiger partial charge on any atom is 0.274 e. The summed E-state index contributed by atoms with van der Waals surface area (Å²) in [6, 6.07) is 6.48. The van der Waals surface area contributed by atoms with Crippen LogP contribution in [0.2, 0.25) is 0 Å². The zero-order valence-electron chi connectivity index (χ0n) is 17.1. The molecule has 29 heavy (non-hydrogen) atoms. The molecule has 6 heteroatoms. The Kier molecular flexibility index (Phi) is 4.23. The summed E-state index contributed by atoms with van der Waals surface area (Å²) in [6.45, 7) is 5.04. The molecule has 0 aliphatic heterocycles. The first-order chi connectivity index (χ1) is 14.0. The summed E-state index contributed by atoms with van der Waals surface area (Å²) in [5.74, 6) is 1.49. The Bertz CT molecular complexity index is 1260. The third-order valence-corrected chi connectivity index (χ3v) is 6.12. The Morgan fingerprint density at radius 1 is 1.28 bits per heavy atom. The van der Waals surface area contributed by atoms with Gasteiger partial charge in [0.05, 0.1) is 24.0 Å². The topological polar surface area (TPSA) is 64.8 Å². The fourth-order valence-electron chi connectivity index (χ4n) is 4.15. The van der Waals surface area contributed by atoms with Crippen molar-refractivity contribution in [2.24, 2.45) is 13.0 Å². The number of fused-ring (bicyclic) bond motifs is 2. The summed E-state index contributed by atoms with van der Waals surface area (Å²) in [5.41, 5.74) is 4.54. The van der Waals surface area contributed by atoms with Gasteiger partial charge in [0, 0.05) is 48.1 Å². The van der Waals surface area contributed by atoms with Crippen LogP contribution < -0.4 is 10.3 Å². The van der Waals surface area contributed by atoms with Crippen molar-refractivity contribution in [1.82, 2.24) is 19.1 Å². The van der Waals surface area contributed by atoms with Gasteiger partial charge in [0.2, 0.25) is 0 Å². The molecule has 1 aliphatic carbocycles. The van der Waals surface area contributed by atoms with Crippen LogP contribution in [0.25, 0.3) is 33.1 Å². The molecule has 1 fully saturated rings. The molecule has 1 saturated carbocycles. The van der Waals surface area contributed by atoms with Crippen LogP contribution in [0.4, 0.5) is 0 Å². The van der Waals surface area contributed by atoms with Crippen LogP contribution in [0.1, 0.15) is 39.2 Å². The number of nitrogens with zero attached hydrogens (tertiary/aromatic N) is 3. The highest BCUT2D eigenvalue weighted by Crippen LogP contribution is 2.38. The van der Waals surface area contributed by atoms with Gasteiger partial charge in [0.1, 0.15) is 11.3 Å². The molecular weight excluding hydrogens is 364 g/mol. The second kappa shape index (κ2) is 6.79. The number of benzene rings is 1. The highest BCUT2D eigenvalue weighted by molar-refractivity contribution is 5.98. The molecule has 1 aliphatic rings. The number of H-pyrrole nitrogens is 1. The number of ether oxygens (including phenoxy) is 1. The average Bonchev–Trinajstić information content (AvgIpc) is 3.30. The number of rotatable bonds is 5. The van der Waals surface area contributed by atoms with Crippen LogP contribution in [0.3, 0.4) is 0 Å². The van der Waals surface area contributed by atoms with E-state index in [0.29, 0.717) is 17.5 Å². The molecule has 5 rings (SSSR count). The predicted molar refractivity (Wildman–Crippen MR) is 115 cm³/mol. The van der Waals surface area contributed by atoms with Crippen molar-refractivity contribution in [2.45, 2.75) is 39.2 Å². The lowest BCUT2D eigenvalue weighted by molar-refractivity contribution is 0.181. The highest BCUT2D eigenvalue weighted by atomic mass is 16.5. The largest absolute Gasteiger partial charge is 0.493 e. The molecule has 1 N–H and O–H groups in total. The minimum atomic E-state index is -0.0316. The van der Waals surface area contributed by atoms with Crippen LogP contribution in [0.15, 0.2) is 41.7 Å². The number of nitrogens with one attached hydrogen (secondary N) is 1. The lowest BCUT2D eigenvalue weighted by Gasteiger charge is -2.26. The molecule has 0 saturated heterocycles. The van der Waals surface area contributed by atoms with Gasteiger partial charge < -0.3 is 18.9 Å². The second-order valence-electron chi connectivity index (χ2n) is 8.42. The van der Waals surface area contributed by atoms with E-state index in [2.05, 4.69) is 40.5 Å². The van der Waals surface area contributed by atoms with Crippen molar-refractivity contribution in [3.05, 3.63) is 47.3 Å². The summed E-state index contributed by atoms with van der Waals surface area (Å²) in [5, 5.41) is 0.907. The molecule has 0 spiro atoms. The normalized spacial score (nSPS) is 14.8. The standard InChI is InChI=1S/C23H26N4O2/c1-14(2)27-13-25-19-9-17(21(10-20(19)27)29-12-15-5-4-6-15)18-11-26(3)23(28)22-16(18)7-8-24-22/h7-11,13-15,24H,4-6,12H2,1-3H3. The molecule has 6 nitrogen and oxygen atoms in total. The lowest BCUT2D eigenvalue weighted by Crippen LogP contribution is -2.19. The maximum atomic E-state index is 12.5. The van der Waals surface area contributed by atoms with E-state index in [-0.39, 0.29) is 5.56 Å². The SMILES string of the molecule is CC(C)n1cnc2cc(-c3cn(C)c(=O)c4[nH]ccc34)c(OCC3CCC3)cc21. The Labute approximate surface area is 169 Å². The van der Waals surface area contributed by atoms with Gasteiger partial charge in [0.15, 0.2) is 0 Å². The molecule has 3 heterocycles. The van der Waals surface area contributed by atoms with Crippen molar-refractivity contribution < 1.29 is 4.74 Å². The number of aromatic nitrogens is 4. The van der Waals surface area contributed by atoms with Crippen LogP contribution >= 0.6 is 0 Å². The first kappa shape index (κ1) is 18.0. The molecule has 0 unspecified atom stereocenters. The van der Waals surface area contributed by atoms with E-state index in [1.54, 1.807) is 11.6 Å². The predicted octanol–water partition coefficient (Wildman–Crippen LogP) is 4.64. The van der Waals surface area contributed by atoms with Gasteiger partial charge >= 0.3 is 0 Å². The van der Waals surface area contributed by atoms with E-state index in [0.717, 1.165) is 39.9 Å². The molecule has 150 valence electrons. The number of imidazole rings is 1. The number of aryl methyl sites for hydroxylation is 1. The second-order valence-corrected chi connectivity index (χ2v) is 8.42. The first-order valence-electron chi connectivity index (χ1n) is 10.3. The van der Waals surface area contributed by atoms with Crippen LogP contribution in [0, 0.1) is 5.92 Å². The van der Waals surface area contributed by atoms with Gasteiger partial charge in [-0.15, -0.1) is 0 Å². The minimum absolute atomic E-state index is 0.0316. The Morgan fingerprint density at radius 2 is 2.10 bits per heavy atom. The quantitative estimate of drug-likeness (QED) is 0.540. The van der Waals surface area contributed by atoms with Crippen molar-refractivity contribution in [2.75, 3.05) is 6.61 Å². The van der Waals surface area contributed by atoms with E-state index in [9.17, 15) is 4.79 Å². The van der Waals surface area contributed by atoms with Crippen molar-refractivity contribution >= 4 is 21.9 Å². The fraction of sp³-hybridized carbons (Fsp3) is 0.391. The van der Waals surface area contributed by atoms with Gasteiger partial charge in [-0.25, -0.2) is 4.98 Å². The lowest BCUT2D eigenvalue weighted by atomic mass is 9.86. The van der Waals surface area contributed by atoms with E-state index in [1.807, 2.05) is 24.8 Å². The minimum Gasteiger partial charge on any atom is -0.493 e. The Hall–Kier alpha value is -3.02. The summed E-state index contributed by atoms with van der Waals surface area (Å²) in [7, 11) is 1.78. The summed E-state index contributed by atoms with van der Waals surface area (Å²) in [4.78, 5) is 20.2. The molecule has 0 amide bonds. The molecule has 0 radical (unpaired) electrons. The average molecular weight is 390 g/mol. The fourth-order valence-corrected chi connectivity index (χ4v) is 4.15. The third kappa shape index (κ3) is 2.94. The smallest absolute Gasteiger partial charge is 0.274 e. The molecule has 0 atom stereocenters. The van der Waals surface area contributed by atoms with Gasteiger partial charge in [-0.1, -0.05) is 6.42 Å². The van der Waals surface area contributed by atoms with Crippen LogP contribution in [0.5, 0.6) is 5.75 Å². The molecule has 0 bridgehead atoms. The van der Waals surface area contributed by atoms with Gasteiger partial charge in [-0.2, -0.15) is 0 Å². The van der Waals surface area contributed by atoms with E-state index in [1.165, 1.54) is 19.3 Å². The van der Waals surface area contributed by atoms with E-state index >= 15 is 0 Å². The Balaban J connectivity index is 1.72. The summed E-state index contributed by atoms with van der Waals surface area (Å²) >= 11 is 0. The number of hydrogen-bond acceptors (Lipinski definition) is 3. The maximum absolute atomic E-state index is 12.5. The van der Waals surface area contributed by atoms with Crippen LogP contribution in [-0.2, 0) is 7.05 Å². The molecule has 1 aromatic carbocycles. The number of pyridine rings is 1. The van der Waals surface area contributed by atoms with Gasteiger partial charge in [-0.3, -0.25) is 4.79 Å². The molecule has 3 aromatic heterocycles. The first-order valence-corrected chi connectivity index (χ1v) is 10.3. The zero-order chi connectivity index (χ0) is 20.1. The number of aromatic amines is 1. The van der Waals surface area contributed by atoms with E-state index in [4.69, 9.17) is 4.74 Å². The summed E-state index contributed by atoms with van der Waals surface area (Å²) in [6.07, 6.45) is 9.38. The van der Waals surface area contributed by atoms with Crippen LogP contribution in [-0.4, -0.2) is 25.7 Å². The number of hydrogen-bond donors (Lipinski definition) is 1. The Morgan fingerprint density at radius 3 is 2.83 bits per heavy atom. The zero-order valence-corrected chi connectivity index (χ0v) is 17.1. The van der Waals surface area contributed by atoms with Crippen molar-refractivity contribution in [1.29, 1.82) is 0 Å². The van der Waals surface area contributed by atoms with Gasteiger partial charge in [-0.05, 0) is 44.7 Å². The van der Waals surface area contributed by atoms with E-state index < -0.39 is 0 Å².